The number of nitrogens with zero attached hydrogens (tertiary/aromatic N) is 8. The molecule has 0 bridgehead atoms. The van der Waals surface area contributed by atoms with Gasteiger partial charge >= 0.3 is 151 Å². The van der Waals surface area contributed by atoms with Gasteiger partial charge in [-0.2, -0.15) is 0 Å². The zero-order valence-electron chi connectivity index (χ0n) is 13.9. The van der Waals surface area contributed by atoms with E-state index in [1.165, 1.54) is 18.5 Å². The third-order valence-electron chi connectivity index (χ3n) is 4.62. The van der Waals surface area contributed by atoms with Gasteiger partial charge in [-0.05, 0) is 0 Å². The van der Waals surface area contributed by atoms with Crippen LogP contribution in [0.5, 0.6) is 0 Å². The molecule has 2 aliphatic heterocycles. The van der Waals surface area contributed by atoms with Gasteiger partial charge in [0.25, 0.3) is 0 Å². The van der Waals surface area contributed by atoms with Crippen molar-refractivity contribution in [3.63, 3.8) is 0 Å². The molecule has 0 saturated carbocycles. The Labute approximate surface area is 152 Å². The molecule has 0 radical (unpaired) electrons. The van der Waals surface area contributed by atoms with Crippen molar-refractivity contribution in [3.05, 3.63) is 29.2 Å². The van der Waals surface area contributed by atoms with E-state index in [1.54, 1.807) is 16.8 Å². The molecule has 2 N–H and O–H groups in total. The summed E-state index contributed by atoms with van der Waals surface area (Å²) in [6, 6.07) is 0. The number of ether oxygens (including phenoxy) is 1. The van der Waals surface area contributed by atoms with Crippen LogP contribution in [0.25, 0.3) is 27.3 Å². The van der Waals surface area contributed by atoms with Crippen LogP contribution in [0.1, 0.15) is 6.23 Å². The van der Waals surface area contributed by atoms with Crippen LogP contribution in [-0.4, -0.2) is 66.4 Å². The molecule has 4 atom stereocenters. The number of azide groups is 1. The van der Waals surface area contributed by atoms with Crippen molar-refractivity contribution >= 4 is 38.1 Å². The zero-order chi connectivity index (χ0) is 18.8. The molecule has 3 aromatic heterocycles. The fourth-order valence-corrected chi connectivity index (χ4v) is 4.81. The quantitative estimate of drug-likeness (QED) is 0.198. The Kier molecular flexibility index (Phi) is 3.65. The fourth-order valence-electron chi connectivity index (χ4n) is 3.47. The van der Waals surface area contributed by atoms with E-state index in [1.807, 2.05) is 0 Å². The third kappa shape index (κ3) is 2.51. The molecular weight excluding hydrogens is 378 g/mol. The fraction of sp³-hybridized carbons (Fsp3) is 0.417. The van der Waals surface area contributed by atoms with E-state index < -0.39 is 32.4 Å². The van der Waals surface area contributed by atoms with Gasteiger partial charge in [-0.15, -0.1) is 0 Å². The predicted octanol–water partition coefficient (Wildman–Crippen LogP) is -0.270. The normalized spacial score (nSPS) is 30.9. The molecule has 2 aliphatic rings. The Hall–Kier alpha value is -2.31. The van der Waals surface area contributed by atoms with Crippen LogP contribution in [0.15, 0.2) is 23.8 Å². The van der Waals surface area contributed by atoms with E-state index in [0.717, 1.165) is 0 Å². The number of hydrogen-bond acceptors (Lipinski definition) is 9. The van der Waals surface area contributed by atoms with E-state index >= 15 is 0 Å². The number of imidazole rings is 2. The summed E-state index contributed by atoms with van der Waals surface area (Å²) in [5, 5.41) is 14.4. The summed E-state index contributed by atoms with van der Waals surface area (Å²) in [5.74, 6) is -0.0243. The van der Waals surface area contributed by atoms with Crippen LogP contribution in [0.3, 0.4) is 0 Å². The molecule has 0 aromatic carbocycles. The van der Waals surface area contributed by atoms with Crippen molar-refractivity contribution in [2.75, 3.05) is 6.61 Å². The molecule has 140 valence electrons. The van der Waals surface area contributed by atoms with Gasteiger partial charge in [0.1, 0.15) is 0 Å². The van der Waals surface area contributed by atoms with Crippen LogP contribution >= 0.6 is 7.82 Å². The summed E-state index contributed by atoms with van der Waals surface area (Å²) in [7, 11) is -1.85. The number of aromatic nitrogens is 5. The first kappa shape index (κ1) is 16.8. The van der Waals surface area contributed by atoms with Crippen LogP contribution < -0.4 is 0 Å². The summed E-state index contributed by atoms with van der Waals surface area (Å²) in [5.41, 5.74) is 10.2. The van der Waals surface area contributed by atoms with Crippen LogP contribution in [0.4, 0.5) is 5.95 Å². The minimum absolute atomic E-state index is 0.0243. The van der Waals surface area contributed by atoms with E-state index in [2.05, 4.69) is 25.0 Å². The monoisotopic (exact) mass is 392 g/mol. The number of aliphatic hydroxyl groups excluding tert-OH is 1. The number of rotatable bonds is 2. The van der Waals surface area contributed by atoms with E-state index in [9.17, 15) is 10.00 Å². The summed E-state index contributed by atoms with van der Waals surface area (Å²) in [6.07, 6.45) is 1.33. The van der Waals surface area contributed by atoms with Gasteiger partial charge in [-0.25, -0.2) is 0 Å². The van der Waals surface area contributed by atoms with Gasteiger partial charge in [0.05, 0.1) is 0 Å². The molecule has 0 aliphatic carbocycles. The molecule has 2 saturated heterocycles. The van der Waals surface area contributed by atoms with Crippen molar-refractivity contribution < 1.29 is 23.8 Å². The van der Waals surface area contributed by atoms with Crippen molar-refractivity contribution in [2.24, 2.45) is 5.11 Å². The third-order valence-corrected chi connectivity index (χ3v) is 6.03. The Bertz CT molecular complexity index is 1100. The van der Waals surface area contributed by atoms with Crippen LogP contribution in [0.2, 0.25) is 0 Å². The molecule has 15 heteroatoms. The van der Waals surface area contributed by atoms with Gasteiger partial charge in [-0.3, -0.25) is 0 Å². The predicted molar refractivity (Wildman–Crippen MR) is 94.9 cm³/mol. The molecule has 0 spiro atoms. The maximum absolute atomic E-state index is 10.8. The molecule has 3 aromatic rings. The molecule has 27 heavy (non-hydrogen) atoms. The Morgan fingerprint density at radius 3 is 3.07 bits per heavy atom. The first-order valence-electron chi connectivity index (χ1n) is 8.11. The summed E-state index contributed by atoms with van der Waals surface area (Å²) in [4.78, 5) is 25.8. The Balaban J connectivity index is 1.66. The minimum atomic E-state index is -3.32. The maximum atomic E-state index is 10.8. The summed E-state index contributed by atoms with van der Waals surface area (Å²) in [6.45, 7) is 0.0822. The van der Waals surface area contributed by atoms with E-state index in [0.29, 0.717) is 16.8 Å². The topological polar surface area (TPSA) is 165 Å². The van der Waals surface area contributed by atoms with Gasteiger partial charge in [0, 0.05) is 0 Å². The van der Waals surface area contributed by atoms with E-state index in [-0.39, 0.29) is 12.6 Å². The summed E-state index contributed by atoms with van der Waals surface area (Å²) >= 11 is 0. The number of aliphatic hydroxyl groups is 1. The van der Waals surface area contributed by atoms with Crippen molar-refractivity contribution in [1.82, 2.24) is 23.9 Å². The average Bonchev–Trinajstić information content (AvgIpc) is 3.30. The molecule has 0 amide bonds. The number of fused-ring (bicyclic) bond motifs is 4. The Morgan fingerprint density at radius 1 is 1.41 bits per heavy atom. The van der Waals surface area contributed by atoms with Crippen molar-refractivity contribution in [3.8, 4) is 0 Å². The van der Waals surface area contributed by atoms with Crippen LogP contribution in [-0.2, 0) is 13.8 Å². The Morgan fingerprint density at radius 2 is 2.26 bits per heavy atom. The van der Waals surface area contributed by atoms with Gasteiger partial charge in [0.2, 0.25) is 0 Å². The standard InChI is InChI=1S/C12H14BN8O5P/c13-27(23)24-3-5-8(26-27)7(22)11(25-5)21-10-6(17-12(21)18-19-14)9-15-1-2-20(9)4-16-10/h1-2,4-5,7-8,11,22-23,27H,3,13H2/t5-,7+,8+,11-/m1/s1. The first-order chi connectivity index (χ1) is 13.0. The zero-order valence-corrected chi connectivity index (χ0v) is 14.9. The second-order valence-electron chi connectivity index (χ2n) is 6.39. The first-order valence-corrected chi connectivity index (χ1v) is 10.4. The second kappa shape index (κ2) is 5.84. The summed E-state index contributed by atoms with van der Waals surface area (Å²) < 4.78 is 19.8. The SMILES string of the molecule is B[PH]1(O)OC[C@H]2O[C@@H](n3c(N=[N+]=[N-])nc4c3ncn3ccnc43)[C@@H](O)[C@H]2O1. The van der Waals surface area contributed by atoms with Gasteiger partial charge < -0.3 is 0 Å². The second-order valence-corrected chi connectivity index (χ2v) is 8.71. The molecule has 5 heterocycles. The average molecular weight is 392 g/mol. The molecule has 5 rings (SSSR count). The van der Waals surface area contributed by atoms with Gasteiger partial charge in [-0.1, -0.05) is 0 Å². The molecular formula is C12H14BN8O5P. The molecule has 0 unspecified atom stereocenters. The molecule has 13 nitrogen and oxygen atoms in total. The van der Waals surface area contributed by atoms with Gasteiger partial charge in [0.15, 0.2) is 0 Å². The van der Waals surface area contributed by atoms with Crippen LogP contribution in [0, 0.1) is 0 Å². The molecule has 2 fully saturated rings. The van der Waals surface area contributed by atoms with Crippen molar-refractivity contribution in [2.45, 2.75) is 24.5 Å². The van der Waals surface area contributed by atoms with E-state index in [4.69, 9.17) is 19.3 Å². The van der Waals surface area contributed by atoms with Crippen molar-refractivity contribution in [1.29, 1.82) is 0 Å². The number of hydrogen-bond donors (Lipinski definition) is 2.